The summed E-state index contributed by atoms with van der Waals surface area (Å²) in [5.41, 5.74) is 27.0. The molecule has 0 saturated heterocycles. The number of para-hydroxylation sites is 1. The topological polar surface area (TPSA) is 3.24 Å². The Hall–Kier alpha value is -7.22. The molecule has 9 aromatic carbocycles. The number of fused-ring (bicyclic) bond motifs is 11. The van der Waals surface area contributed by atoms with Crippen LogP contribution in [0.2, 0.25) is 0 Å². The van der Waals surface area contributed by atoms with E-state index < -0.39 is 5.41 Å². The highest BCUT2D eigenvalue weighted by atomic mass is 15.1. The Labute approximate surface area is 428 Å². The van der Waals surface area contributed by atoms with Gasteiger partial charge in [-0.15, -0.1) is 0 Å². The number of nitrogens with zero attached hydrogens (tertiary/aromatic N) is 1. The van der Waals surface area contributed by atoms with Crippen LogP contribution in [-0.2, 0) is 27.1 Å². The Morgan fingerprint density at radius 3 is 1.39 bits per heavy atom. The molecule has 9 aromatic rings. The first-order valence-electron chi connectivity index (χ1n) is 26.6. The van der Waals surface area contributed by atoms with E-state index in [4.69, 9.17) is 0 Å². The second-order valence-corrected chi connectivity index (χ2v) is 24.0. The Balaban J connectivity index is 1.11. The quantitative estimate of drug-likeness (QED) is 0.161. The molecule has 13 rings (SSSR count). The maximum atomic E-state index is 2.63. The molecule has 72 heavy (non-hydrogen) atoms. The molecular weight excluding hydrogens is 867 g/mol. The minimum Gasteiger partial charge on any atom is -0.310 e. The summed E-state index contributed by atoms with van der Waals surface area (Å²) < 4.78 is 0. The van der Waals surface area contributed by atoms with Crippen LogP contribution >= 0.6 is 0 Å². The minimum absolute atomic E-state index is 0.0219. The Bertz CT molecular complexity index is 3590. The summed E-state index contributed by atoms with van der Waals surface area (Å²) in [6, 6.07) is 77.8. The molecule has 0 N–H and O–H groups in total. The second kappa shape index (κ2) is 15.9. The molecule has 1 spiro atoms. The van der Waals surface area contributed by atoms with Crippen molar-refractivity contribution in [1.82, 2.24) is 0 Å². The monoisotopic (exact) mass is 932 g/mol. The van der Waals surface area contributed by atoms with Gasteiger partial charge in [0, 0.05) is 27.8 Å². The van der Waals surface area contributed by atoms with E-state index in [1.807, 2.05) is 0 Å². The van der Waals surface area contributed by atoms with Gasteiger partial charge in [-0.1, -0.05) is 238 Å². The van der Waals surface area contributed by atoms with Gasteiger partial charge in [-0.25, -0.2) is 0 Å². The summed E-state index contributed by atoms with van der Waals surface area (Å²) in [4.78, 5) is 2.63. The van der Waals surface area contributed by atoms with Gasteiger partial charge in [0.15, 0.2) is 0 Å². The molecule has 0 aliphatic heterocycles. The molecule has 1 fully saturated rings. The molecular formula is C71H65N. The van der Waals surface area contributed by atoms with Gasteiger partial charge in [0.25, 0.3) is 0 Å². The molecule has 1 heteroatoms. The van der Waals surface area contributed by atoms with Crippen LogP contribution < -0.4 is 4.90 Å². The first-order valence-corrected chi connectivity index (χ1v) is 26.6. The molecule has 0 amide bonds. The van der Waals surface area contributed by atoms with Gasteiger partial charge in [0.1, 0.15) is 0 Å². The molecule has 4 aliphatic rings. The van der Waals surface area contributed by atoms with Gasteiger partial charge < -0.3 is 4.90 Å². The maximum Gasteiger partial charge on any atom is 0.0714 e. The largest absolute Gasteiger partial charge is 0.310 e. The van der Waals surface area contributed by atoms with Crippen LogP contribution in [0.3, 0.4) is 0 Å². The van der Waals surface area contributed by atoms with E-state index in [2.05, 4.69) is 260 Å². The Morgan fingerprint density at radius 2 is 0.792 bits per heavy atom. The van der Waals surface area contributed by atoms with Crippen LogP contribution in [0.1, 0.15) is 137 Å². The molecule has 354 valence electrons. The molecule has 1 saturated carbocycles. The van der Waals surface area contributed by atoms with E-state index in [1.165, 1.54) is 137 Å². The zero-order valence-electron chi connectivity index (χ0n) is 43.3. The molecule has 1 nitrogen and oxygen atoms in total. The lowest BCUT2D eigenvalue weighted by atomic mass is 9.66. The third-order valence-corrected chi connectivity index (χ3v) is 17.6. The fourth-order valence-electron chi connectivity index (χ4n) is 14.1. The predicted molar refractivity (Wildman–Crippen MR) is 304 cm³/mol. The van der Waals surface area contributed by atoms with E-state index in [-0.39, 0.29) is 21.7 Å². The highest BCUT2D eigenvalue weighted by Crippen LogP contribution is 2.61. The minimum atomic E-state index is -0.598. The average Bonchev–Trinajstić information content (AvgIpc) is 4.13. The van der Waals surface area contributed by atoms with Crippen LogP contribution in [0, 0.1) is 0 Å². The Kier molecular flexibility index (Phi) is 9.86. The lowest BCUT2D eigenvalue weighted by Crippen LogP contribution is -2.30. The smallest absolute Gasteiger partial charge is 0.0714 e. The Morgan fingerprint density at radius 1 is 0.361 bits per heavy atom. The summed E-state index contributed by atoms with van der Waals surface area (Å²) in [5, 5.41) is 0. The van der Waals surface area contributed by atoms with Crippen molar-refractivity contribution in [2.45, 2.75) is 108 Å². The normalized spacial score (nSPS) is 16.2. The summed E-state index contributed by atoms with van der Waals surface area (Å²) in [7, 11) is 0. The number of anilines is 3. The third kappa shape index (κ3) is 6.38. The fraction of sp³-hybridized carbons (Fsp3) is 0.239. The van der Waals surface area contributed by atoms with Crippen molar-refractivity contribution in [3.63, 3.8) is 0 Å². The molecule has 4 aliphatic carbocycles. The summed E-state index contributed by atoms with van der Waals surface area (Å²) in [6.45, 7) is 18.9. The fourth-order valence-corrected chi connectivity index (χ4v) is 14.1. The summed E-state index contributed by atoms with van der Waals surface area (Å²) in [5.74, 6) is 0. The van der Waals surface area contributed by atoms with Gasteiger partial charge in [0.05, 0.1) is 11.1 Å². The van der Waals surface area contributed by atoms with Gasteiger partial charge in [-0.2, -0.15) is 0 Å². The SMILES string of the molecule is CC(C)(C)c1cccc(C2(c3cccc(C(C)(C)C)c3)c3ccccc3-c3ccc(N(c4ccc5c(c4)C4(CCCC4)c4ccccc4-5)c4ccccc4-c4cccc5c4C(C)(C)c4ccccc4-5)cc32)c1. The molecule has 0 bridgehead atoms. The van der Waals surface area contributed by atoms with E-state index >= 15 is 0 Å². The van der Waals surface area contributed by atoms with Crippen LogP contribution in [0.25, 0.3) is 44.5 Å². The van der Waals surface area contributed by atoms with E-state index in [0.29, 0.717) is 0 Å². The lowest BCUT2D eigenvalue weighted by Gasteiger charge is -2.37. The predicted octanol–water partition coefficient (Wildman–Crippen LogP) is 18.9. The van der Waals surface area contributed by atoms with Gasteiger partial charge in [0.2, 0.25) is 0 Å². The zero-order valence-corrected chi connectivity index (χ0v) is 43.3. The lowest BCUT2D eigenvalue weighted by molar-refractivity contribution is 0.550. The van der Waals surface area contributed by atoms with Crippen LogP contribution in [0.15, 0.2) is 200 Å². The number of benzene rings is 9. The standard InChI is InChI=1S/C71H65N/c1-67(2,3)46-22-19-24-48(42-46)71(49-25-20-23-47(43-49)68(4,5)6)62-34-15-11-27-53(62)56-39-37-51(45-64(56)71)72(50-36-38-55-52-26-10-14-33-61(52)70(63(55)44-50)40-17-18-41-70)65-35-16-12-29-57(65)59-31-21-30-58-54-28-9-13-32-60(54)69(7,8)66(58)59/h9-16,19-39,42-45H,17-18,40-41H2,1-8H3. The first-order chi connectivity index (χ1) is 34.7. The number of hydrogen-bond donors (Lipinski definition) is 0. The highest BCUT2D eigenvalue weighted by Gasteiger charge is 2.48. The number of hydrogen-bond acceptors (Lipinski definition) is 1. The van der Waals surface area contributed by atoms with Crippen molar-refractivity contribution in [2.24, 2.45) is 0 Å². The summed E-state index contributed by atoms with van der Waals surface area (Å²) in [6.07, 6.45) is 4.87. The van der Waals surface area contributed by atoms with Crippen LogP contribution in [0.4, 0.5) is 17.1 Å². The van der Waals surface area contributed by atoms with Gasteiger partial charge >= 0.3 is 0 Å². The van der Waals surface area contributed by atoms with Crippen LogP contribution in [-0.4, -0.2) is 0 Å². The number of rotatable bonds is 6. The van der Waals surface area contributed by atoms with Crippen molar-refractivity contribution >= 4 is 17.1 Å². The molecule has 0 aromatic heterocycles. The van der Waals surface area contributed by atoms with E-state index in [0.717, 1.165) is 5.69 Å². The molecule has 0 radical (unpaired) electrons. The van der Waals surface area contributed by atoms with Crippen molar-refractivity contribution in [1.29, 1.82) is 0 Å². The van der Waals surface area contributed by atoms with Crippen molar-refractivity contribution in [2.75, 3.05) is 4.90 Å². The maximum absolute atomic E-state index is 2.63. The third-order valence-electron chi connectivity index (χ3n) is 17.6. The molecule has 0 heterocycles. The van der Waals surface area contributed by atoms with Crippen molar-refractivity contribution < 1.29 is 0 Å². The molecule has 0 unspecified atom stereocenters. The zero-order chi connectivity index (χ0) is 49.4. The van der Waals surface area contributed by atoms with Crippen LogP contribution in [0.5, 0.6) is 0 Å². The first kappa shape index (κ1) is 44.7. The van der Waals surface area contributed by atoms with Crippen molar-refractivity contribution in [3.8, 4) is 44.5 Å². The highest BCUT2D eigenvalue weighted by molar-refractivity contribution is 5.97. The summed E-state index contributed by atoms with van der Waals surface area (Å²) >= 11 is 0. The van der Waals surface area contributed by atoms with Gasteiger partial charge in [-0.05, 0) is 149 Å². The van der Waals surface area contributed by atoms with Gasteiger partial charge in [-0.3, -0.25) is 0 Å². The average molecular weight is 932 g/mol. The molecule has 0 atom stereocenters. The van der Waals surface area contributed by atoms with E-state index in [1.54, 1.807) is 0 Å². The van der Waals surface area contributed by atoms with E-state index in [9.17, 15) is 0 Å². The second-order valence-electron chi connectivity index (χ2n) is 24.0. The van der Waals surface area contributed by atoms with Crippen molar-refractivity contribution in [3.05, 3.63) is 256 Å².